The number of piperazine rings is 1. The Hall–Kier alpha value is -3.39. The predicted octanol–water partition coefficient (Wildman–Crippen LogP) is 2.21. The molecule has 3 aliphatic rings. The summed E-state index contributed by atoms with van der Waals surface area (Å²) in [6.45, 7) is 5.80. The van der Waals surface area contributed by atoms with Crippen molar-refractivity contribution in [3.8, 4) is 5.75 Å². The van der Waals surface area contributed by atoms with Crippen LogP contribution in [-0.2, 0) is 29.0 Å². The first-order chi connectivity index (χ1) is 16.9. The maximum absolute atomic E-state index is 13.1. The molecule has 0 unspecified atom stereocenters. The monoisotopic (exact) mass is 476 g/mol. The van der Waals surface area contributed by atoms with Gasteiger partial charge in [-0.15, -0.1) is 0 Å². The largest absolute Gasteiger partial charge is 0.493 e. The molecule has 184 valence electrons. The third-order valence-corrected chi connectivity index (χ3v) is 7.28. The Balaban J connectivity index is 1.11. The number of rotatable bonds is 7. The lowest BCUT2D eigenvalue weighted by molar-refractivity contribution is -0.139. The van der Waals surface area contributed by atoms with E-state index in [1.54, 1.807) is 11.8 Å². The lowest BCUT2D eigenvalue weighted by Crippen LogP contribution is -2.52. The molecule has 2 aromatic carbocycles. The van der Waals surface area contributed by atoms with Crippen LogP contribution in [-0.4, -0.2) is 77.4 Å². The highest BCUT2D eigenvalue weighted by molar-refractivity contribution is 6.08. The van der Waals surface area contributed by atoms with Crippen molar-refractivity contribution in [1.29, 1.82) is 0 Å². The molecule has 5 rings (SSSR count). The number of hydrogen-bond acceptors (Lipinski definition) is 5. The predicted molar refractivity (Wildman–Crippen MR) is 131 cm³/mol. The molecule has 3 aliphatic heterocycles. The fourth-order valence-electron chi connectivity index (χ4n) is 5.09. The van der Waals surface area contributed by atoms with Crippen LogP contribution >= 0.6 is 0 Å². The molecular formula is C27H32N4O4. The minimum absolute atomic E-state index is 0.185. The number of ether oxygens (including phenoxy) is 1. The number of benzene rings is 2. The van der Waals surface area contributed by atoms with Gasteiger partial charge in [-0.2, -0.15) is 0 Å². The molecule has 0 radical (unpaired) electrons. The van der Waals surface area contributed by atoms with Gasteiger partial charge in [0.25, 0.3) is 5.91 Å². The van der Waals surface area contributed by atoms with Crippen LogP contribution in [0, 0.1) is 0 Å². The van der Waals surface area contributed by atoms with Crippen LogP contribution < -0.4 is 10.1 Å². The van der Waals surface area contributed by atoms with E-state index in [2.05, 4.69) is 22.3 Å². The third-order valence-electron chi connectivity index (χ3n) is 7.28. The fourth-order valence-corrected chi connectivity index (χ4v) is 5.09. The summed E-state index contributed by atoms with van der Waals surface area (Å²) >= 11 is 0. The van der Waals surface area contributed by atoms with E-state index in [0.717, 1.165) is 48.9 Å². The van der Waals surface area contributed by atoms with E-state index >= 15 is 0 Å². The molecule has 0 spiro atoms. The van der Waals surface area contributed by atoms with E-state index in [9.17, 15) is 14.4 Å². The van der Waals surface area contributed by atoms with Gasteiger partial charge in [0, 0.05) is 39.1 Å². The minimum atomic E-state index is -0.993. The molecule has 0 aliphatic carbocycles. The van der Waals surface area contributed by atoms with Gasteiger partial charge in [-0.25, -0.2) is 4.79 Å². The third kappa shape index (κ3) is 5.03. The van der Waals surface area contributed by atoms with Gasteiger partial charge >= 0.3 is 6.03 Å². The first kappa shape index (κ1) is 23.4. The molecule has 4 amide bonds. The summed E-state index contributed by atoms with van der Waals surface area (Å²) in [6, 6.07) is 15.7. The number of carbonyl (C=O) groups excluding carboxylic acids is 3. The van der Waals surface area contributed by atoms with Crippen molar-refractivity contribution < 1.29 is 19.1 Å². The lowest BCUT2D eigenvalue weighted by Gasteiger charge is -2.35. The van der Waals surface area contributed by atoms with Gasteiger partial charge in [0.2, 0.25) is 5.91 Å². The SMILES string of the molecule is C[C@@]1(CCc2ccccc2)NC(=O)N(CC(=O)N2CCN(Cc3ccc4c(c3)CCO4)CC2)C1=O. The van der Waals surface area contributed by atoms with Gasteiger partial charge in [-0.3, -0.25) is 19.4 Å². The summed E-state index contributed by atoms with van der Waals surface area (Å²) in [5.74, 6) is 0.474. The number of nitrogens with zero attached hydrogens (tertiary/aromatic N) is 3. The normalized spacial score (nSPS) is 22.2. The Kier molecular flexibility index (Phi) is 6.47. The van der Waals surface area contributed by atoms with Crippen molar-refractivity contribution in [1.82, 2.24) is 20.0 Å². The van der Waals surface area contributed by atoms with Gasteiger partial charge < -0.3 is 15.0 Å². The van der Waals surface area contributed by atoms with E-state index < -0.39 is 11.6 Å². The first-order valence-electron chi connectivity index (χ1n) is 12.3. The molecule has 0 aromatic heterocycles. The number of fused-ring (bicyclic) bond motifs is 1. The van der Waals surface area contributed by atoms with E-state index in [1.165, 1.54) is 11.1 Å². The number of aryl methyl sites for hydroxylation is 1. The molecule has 35 heavy (non-hydrogen) atoms. The number of hydrogen-bond donors (Lipinski definition) is 1. The highest BCUT2D eigenvalue weighted by atomic mass is 16.5. The van der Waals surface area contributed by atoms with Crippen LogP contribution in [0.2, 0.25) is 0 Å². The zero-order valence-corrected chi connectivity index (χ0v) is 20.2. The Labute approximate surface area is 205 Å². The molecule has 0 saturated carbocycles. The van der Waals surface area contributed by atoms with E-state index in [-0.39, 0.29) is 18.4 Å². The van der Waals surface area contributed by atoms with Crippen LogP contribution in [0.5, 0.6) is 5.75 Å². The van der Waals surface area contributed by atoms with Gasteiger partial charge in [-0.05, 0) is 42.5 Å². The molecule has 1 atom stereocenters. The summed E-state index contributed by atoms with van der Waals surface area (Å²) in [4.78, 5) is 43.7. The molecule has 2 saturated heterocycles. The molecule has 1 N–H and O–H groups in total. The van der Waals surface area contributed by atoms with Crippen LogP contribution in [0.25, 0.3) is 0 Å². The van der Waals surface area contributed by atoms with Crippen LogP contribution in [0.15, 0.2) is 48.5 Å². The number of amides is 4. The van der Waals surface area contributed by atoms with Crippen LogP contribution in [0.4, 0.5) is 4.79 Å². The van der Waals surface area contributed by atoms with E-state index in [1.807, 2.05) is 36.4 Å². The number of nitrogens with one attached hydrogen (secondary N) is 1. The molecule has 2 aromatic rings. The Morgan fingerprint density at radius 3 is 2.57 bits per heavy atom. The van der Waals surface area contributed by atoms with Crippen molar-refractivity contribution in [2.75, 3.05) is 39.3 Å². The van der Waals surface area contributed by atoms with E-state index in [0.29, 0.717) is 25.9 Å². The maximum Gasteiger partial charge on any atom is 0.325 e. The highest BCUT2D eigenvalue weighted by Crippen LogP contribution is 2.27. The second kappa shape index (κ2) is 9.70. The Bertz CT molecular complexity index is 1110. The summed E-state index contributed by atoms with van der Waals surface area (Å²) in [6.07, 6.45) is 2.11. The molecule has 8 nitrogen and oxygen atoms in total. The zero-order valence-electron chi connectivity index (χ0n) is 20.2. The molecular weight excluding hydrogens is 444 g/mol. The van der Waals surface area contributed by atoms with Crippen molar-refractivity contribution >= 4 is 17.8 Å². The fraction of sp³-hybridized carbons (Fsp3) is 0.444. The van der Waals surface area contributed by atoms with Crippen LogP contribution in [0.3, 0.4) is 0 Å². The first-order valence-corrected chi connectivity index (χ1v) is 12.3. The lowest BCUT2D eigenvalue weighted by atomic mass is 9.93. The smallest absolute Gasteiger partial charge is 0.325 e. The van der Waals surface area contributed by atoms with Crippen molar-refractivity contribution in [2.45, 2.75) is 38.3 Å². The zero-order chi connectivity index (χ0) is 24.4. The highest BCUT2D eigenvalue weighted by Gasteiger charge is 2.48. The number of carbonyl (C=O) groups is 3. The second-order valence-corrected chi connectivity index (χ2v) is 9.84. The van der Waals surface area contributed by atoms with Crippen LogP contribution in [0.1, 0.15) is 30.0 Å². The Morgan fingerprint density at radius 1 is 1.03 bits per heavy atom. The van der Waals surface area contributed by atoms with Gasteiger partial charge in [-0.1, -0.05) is 42.5 Å². The molecule has 0 bridgehead atoms. The minimum Gasteiger partial charge on any atom is -0.493 e. The summed E-state index contributed by atoms with van der Waals surface area (Å²) in [5, 5.41) is 2.81. The summed E-state index contributed by atoms with van der Waals surface area (Å²) < 4.78 is 5.59. The second-order valence-electron chi connectivity index (χ2n) is 9.84. The van der Waals surface area contributed by atoms with E-state index in [4.69, 9.17) is 4.74 Å². The molecule has 2 fully saturated rings. The molecule has 8 heteroatoms. The van der Waals surface area contributed by atoms with Gasteiger partial charge in [0.05, 0.1) is 6.61 Å². The maximum atomic E-state index is 13.1. The summed E-state index contributed by atoms with van der Waals surface area (Å²) in [7, 11) is 0. The number of urea groups is 1. The Morgan fingerprint density at radius 2 is 1.80 bits per heavy atom. The summed E-state index contributed by atoms with van der Waals surface area (Å²) in [5.41, 5.74) is 2.63. The van der Waals surface area contributed by atoms with Gasteiger partial charge in [0.1, 0.15) is 17.8 Å². The standard InChI is InChI=1S/C27H32N4O4/c1-27(11-9-20-5-3-2-4-6-20)25(33)31(26(34)28-27)19-24(32)30-14-12-29(13-15-30)18-21-7-8-23-22(17-21)10-16-35-23/h2-8,17H,9-16,18-19H2,1H3,(H,28,34)/t27-/m0/s1. The molecule has 3 heterocycles. The quantitative estimate of drug-likeness (QED) is 0.620. The average molecular weight is 477 g/mol. The topological polar surface area (TPSA) is 82.2 Å². The van der Waals surface area contributed by atoms with Crippen molar-refractivity contribution in [3.63, 3.8) is 0 Å². The van der Waals surface area contributed by atoms with Crippen molar-refractivity contribution in [2.24, 2.45) is 0 Å². The van der Waals surface area contributed by atoms with Crippen molar-refractivity contribution in [3.05, 3.63) is 65.2 Å². The average Bonchev–Trinajstić information content (AvgIpc) is 3.42. The number of imide groups is 1. The van der Waals surface area contributed by atoms with Gasteiger partial charge in [0.15, 0.2) is 0 Å².